The number of benzene rings is 1. The summed E-state index contributed by atoms with van der Waals surface area (Å²) in [5.41, 5.74) is 0. The highest BCUT2D eigenvalue weighted by Crippen LogP contribution is 2.03. The molecule has 0 saturated carbocycles. The van der Waals surface area contributed by atoms with Gasteiger partial charge in [0.1, 0.15) is 0 Å². The molecule has 1 rings (SSSR count). The second-order valence-corrected chi connectivity index (χ2v) is 2.50. The molecule has 0 amide bonds. The maximum absolute atomic E-state index is 12.0. The molecule has 0 aromatic heterocycles. The van der Waals surface area contributed by atoms with Crippen LogP contribution in [-0.4, -0.2) is 0 Å². The van der Waals surface area contributed by atoms with Crippen molar-refractivity contribution >= 4 is 10.9 Å². The Kier molecular flexibility index (Phi) is 1.88. The average molecular weight is 142 g/mol. The first kappa shape index (κ1) is 6.33. The summed E-state index contributed by atoms with van der Waals surface area (Å²) in [6.07, 6.45) is 0. The molecule has 0 aliphatic carbocycles. The molecule has 0 atom stereocenters. The van der Waals surface area contributed by atoms with Crippen molar-refractivity contribution in [2.75, 3.05) is 0 Å². The summed E-state index contributed by atoms with van der Waals surface area (Å²) in [7, 11) is -2.08. The average Bonchev–Trinajstić information content (AvgIpc) is 1.90. The Hall–Kier alpha value is -0.790. The Balaban J connectivity index is 3.03. The Labute approximate surface area is 55.4 Å². The minimum absolute atomic E-state index is 0.331. The molecule has 0 aliphatic rings. The maximum atomic E-state index is 12.0. The number of nitrogens with zero attached hydrogens (tertiary/aromatic N) is 1. The summed E-state index contributed by atoms with van der Waals surface area (Å²) in [6, 6.07) is 8.23. The molecular weight excluding hydrogens is 137 g/mol. The molecule has 0 fully saturated rings. The van der Waals surface area contributed by atoms with Crippen LogP contribution < -0.4 is 0 Å². The third kappa shape index (κ3) is 1.56. The van der Waals surface area contributed by atoms with Crippen molar-refractivity contribution in [1.82, 2.24) is 0 Å². The second kappa shape index (κ2) is 2.67. The summed E-state index contributed by atoms with van der Waals surface area (Å²) >= 11 is 0. The third-order valence-electron chi connectivity index (χ3n) is 0.938. The van der Waals surface area contributed by atoms with Crippen molar-refractivity contribution in [2.24, 2.45) is 0 Å². The fourth-order valence-corrected chi connectivity index (χ4v) is 0.915. The zero-order valence-electron chi connectivity index (χ0n) is 4.62. The van der Waals surface area contributed by atoms with Crippen molar-refractivity contribution in [2.45, 2.75) is 4.90 Å². The predicted octanol–water partition coefficient (Wildman–Crippen LogP) is 2.03. The first-order chi connectivity index (χ1) is 4.30. The highest BCUT2D eigenvalue weighted by atomic mass is 32.2. The molecular formula is C6H5FNS-. The van der Waals surface area contributed by atoms with Crippen LogP contribution in [0.5, 0.6) is 0 Å². The van der Waals surface area contributed by atoms with Crippen LogP contribution in [0, 0.1) is 4.61 Å². The van der Waals surface area contributed by atoms with E-state index in [-0.39, 0.29) is 0 Å². The van der Waals surface area contributed by atoms with E-state index in [1.165, 1.54) is 0 Å². The molecule has 0 radical (unpaired) electrons. The van der Waals surface area contributed by atoms with Gasteiger partial charge in [0.05, 0.1) is 0 Å². The van der Waals surface area contributed by atoms with Crippen LogP contribution in [0.4, 0.5) is 3.89 Å². The molecule has 0 N–H and O–H groups in total. The third-order valence-corrected chi connectivity index (χ3v) is 1.60. The van der Waals surface area contributed by atoms with Crippen LogP contribution >= 0.6 is 0 Å². The van der Waals surface area contributed by atoms with Gasteiger partial charge in [-0.05, 0) is 0 Å². The topological polar surface area (TPSA) is 23.8 Å². The molecule has 3 heteroatoms. The van der Waals surface area contributed by atoms with Gasteiger partial charge in [0.2, 0.25) is 0 Å². The lowest BCUT2D eigenvalue weighted by molar-refractivity contribution is 0.914. The van der Waals surface area contributed by atoms with Gasteiger partial charge in [-0.2, -0.15) is 0 Å². The van der Waals surface area contributed by atoms with E-state index in [1.54, 1.807) is 30.3 Å². The molecule has 0 spiro atoms. The van der Waals surface area contributed by atoms with E-state index in [9.17, 15) is 3.89 Å². The Morgan fingerprint density at radius 3 is 2.11 bits per heavy atom. The SMILES string of the molecule is N#[S-](F)c1ccccc1. The lowest BCUT2D eigenvalue weighted by Crippen LogP contribution is -1.74. The molecule has 0 unspecified atom stereocenters. The number of hydrogen-bond donors (Lipinski definition) is 0. The van der Waals surface area contributed by atoms with Crippen LogP contribution in [0.3, 0.4) is 0 Å². The molecule has 48 valence electrons. The summed E-state index contributed by atoms with van der Waals surface area (Å²) in [6.45, 7) is 0. The van der Waals surface area contributed by atoms with Gasteiger partial charge in [-0.25, -0.2) is 0 Å². The first-order valence-electron chi connectivity index (χ1n) is 2.45. The van der Waals surface area contributed by atoms with Crippen LogP contribution in [0.15, 0.2) is 35.2 Å². The zero-order chi connectivity index (χ0) is 6.69. The van der Waals surface area contributed by atoms with Crippen molar-refractivity contribution in [1.29, 1.82) is 4.61 Å². The van der Waals surface area contributed by atoms with Gasteiger partial charge in [-0.15, -0.1) is 10.9 Å². The molecule has 0 bridgehead atoms. The van der Waals surface area contributed by atoms with Crippen molar-refractivity contribution in [3.63, 3.8) is 0 Å². The lowest BCUT2D eigenvalue weighted by Gasteiger charge is -2.00. The minimum Gasteiger partial charge on any atom is -0.396 e. The van der Waals surface area contributed by atoms with E-state index >= 15 is 0 Å². The standard InChI is InChI=1S/C6H5FNS/c7-9(8)6-4-2-1-3-5-6/h1-5H/q-1. The molecule has 0 heterocycles. The normalized spacial score (nSPS) is 9.89. The molecule has 9 heavy (non-hydrogen) atoms. The Morgan fingerprint density at radius 1 is 1.22 bits per heavy atom. The quantitative estimate of drug-likeness (QED) is 0.508. The Morgan fingerprint density at radius 2 is 1.78 bits per heavy atom. The highest BCUT2D eigenvalue weighted by Gasteiger charge is 1.77. The summed E-state index contributed by atoms with van der Waals surface area (Å²) in [5, 5.41) is 0. The number of halogens is 1. The lowest BCUT2D eigenvalue weighted by atomic mass is 10.4. The zero-order valence-corrected chi connectivity index (χ0v) is 5.44. The maximum Gasteiger partial charge on any atom is -0.0624 e. The number of rotatable bonds is 0. The first-order valence-corrected chi connectivity index (χ1v) is 3.53. The molecule has 0 aliphatic heterocycles. The minimum atomic E-state index is -2.08. The molecule has 0 saturated heterocycles. The van der Waals surface area contributed by atoms with Gasteiger partial charge in [0.25, 0.3) is 0 Å². The van der Waals surface area contributed by atoms with Gasteiger partial charge in [-0.3, -0.25) is 0 Å². The van der Waals surface area contributed by atoms with E-state index in [4.69, 9.17) is 4.61 Å². The van der Waals surface area contributed by atoms with Crippen LogP contribution in [0.2, 0.25) is 0 Å². The van der Waals surface area contributed by atoms with Crippen LogP contribution in [0.25, 0.3) is 0 Å². The Bertz CT molecular complexity index is 249. The van der Waals surface area contributed by atoms with Crippen LogP contribution in [-0.2, 0) is 10.9 Å². The monoisotopic (exact) mass is 142 g/mol. The molecule has 1 aromatic carbocycles. The summed E-state index contributed by atoms with van der Waals surface area (Å²) in [5.74, 6) is 0. The van der Waals surface area contributed by atoms with Crippen molar-refractivity contribution in [3.8, 4) is 0 Å². The van der Waals surface area contributed by atoms with Gasteiger partial charge in [-0.1, -0.05) is 35.2 Å². The highest BCUT2D eigenvalue weighted by molar-refractivity contribution is 7.78. The van der Waals surface area contributed by atoms with Crippen molar-refractivity contribution < 1.29 is 3.89 Å². The smallest absolute Gasteiger partial charge is 0.0624 e. The fraction of sp³-hybridized carbons (Fsp3) is 0. The summed E-state index contributed by atoms with van der Waals surface area (Å²) < 4.78 is 20.4. The van der Waals surface area contributed by atoms with E-state index in [0.717, 1.165) is 0 Å². The van der Waals surface area contributed by atoms with Gasteiger partial charge >= 0.3 is 0 Å². The number of hydrogen-bond acceptors (Lipinski definition) is 2. The predicted molar refractivity (Wildman–Crippen MR) is 34.9 cm³/mol. The van der Waals surface area contributed by atoms with Gasteiger partial charge in [0.15, 0.2) is 0 Å². The second-order valence-electron chi connectivity index (χ2n) is 1.55. The molecule has 1 aromatic rings. The van der Waals surface area contributed by atoms with Crippen molar-refractivity contribution in [3.05, 3.63) is 30.3 Å². The van der Waals surface area contributed by atoms with E-state index in [0.29, 0.717) is 4.90 Å². The fourth-order valence-electron chi connectivity index (χ4n) is 0.533. The van der Waals surface area contributed by atoms with Gasteiger partial charge < -0.3 is 8.49 Å². The van der Waals surface area contributed by atoms with E-state index in [2.05, 4.69) is 0 Å². The van der Waals surface area contributed by atoms with E-state index < -0.39 is 10.9 Å². The molecule has 1 nitrogen and oxygen atoms in total. The van der Waals surface area contributed by atoms with Gasteiger partial charge in [0, 0.05) is 0 Å². The summed E-state index contributed by atoms with van der Waals surface area (Å²) in [4.78, 5) is 0.331. The van der Waals surface area contributed by atoms with Crippen LogP contribution in [0.1, 0.15) is 0 Å². The largest absolute Gasteiger partial charge is 0.396 e. The van der Waals surface area contributed by atoms with E-state index in [1.807, 2.05) is 0 Å².